The Kier molecular flexibility index (Phi) is 6.05. The molecule has 2 rings (SSSR count). The molecule has 8 nitrogen and oxygen atoms in total. The first-order valence-corrected chi connectivity index (χ1v) is 7.65. The maximum Gasteiger partial charge on any atom is 0.270 e. The fourth-order valence-corrected chi connectivity index (χ4v) is 2.20. The van der Waals surface area contributed by atoms with Crippen LogP contribution in [0.3, 0.4) is 0 Å². The number of anilines is 1. The summed E-state index contributed by atoms with van der Waals surface area (Å²) in [6, 6.07) is 14.7. The second-order valence-corrected chi connectivity index (χ2v) is 5.16. The second kappa shape index (κ2) is 8.44. The highest BCUT2D eigenvalue weighted by Gasteiger charge is 2.13. The monoisotopic (exact) mass is 342 g/mol. The Labute approximate surface area is 144 Å². The minimum atomic E-state index is -0.625. The average molecular weight is 342 g/mol. The van der Waals surface area contributed by atoms with E-state index in [0.29, 0.717) is 6.54 Å². The fraction of sp³-hybridized carbons (Fsp3) is 0.176. The van der Waals surface area contributed by atoms with Crippen molar-refractivity contribution in [3.8, 4) is 0 Å². The van der Waals surface area contributed by atoms with Crippen molar-refractivity contribution in [2.75, 3.05) is 18.0 Å². The van der Waals surface area contributed by atoms with Crippen LogP contribution in [-0.2, 0) is 4.79 Å². The van der Waals surface area contributed by atoms with Crippen LogP contribution in [-0.4, -0.2) is 29.8 Å². The van der Waals surface area contributed by atoms with Gasteiger partial charge in [-0.15, -0.1) is 0 Å². The molecule has 0 radical (unpaired) electrons. The first-order chi connectivity index (χ1) is 12.0. The predicted molar refractivity (Wildman–Crippen MR) is 93.0 cm³/mol. The molecule has 0 aliphatic carbocycles. The highest BCUT2D eigenvalue weighted by Crippen LogP contribution is 2.13. The van der Waals surface area contributed by atoms with Gasteiger partial charge in [0.1, 0.15) is 0 Å². The van der Waals surface area contributed by atoms with Gasteiger partial charge in [0.25, 0.3) is 17.5 Å². The van der Waals surface area contributed by atoms with Crippen molar-refractivity contribution < 1.29 is 14.5 Å². The Morgan fingerprint density at radius 1 is 1.08 bits per heavy atom. The van der Waals surface area contributed by atoms with E-state index in [9.17, 15) is 19.7 Å². The summed E-state index contributed by atoms with van der Waals surface area (Å²) in [6.07, 6.45) is 0. The van der Waals surface area contributed by atoms with Crippen molar-refractivity contribution >= 4 is 23.2 Å². The van der Waals surface area contributed by atoms with Crippen molar-refractivity contribution in [2.24, 2.45) is 0 Å². The van der Waals surface area contributed by atoms with Gasteiger partial charge in [-0.05, 0) is 25.1 Å². The third-order valence-electron chi connectivity index (χ3n) is 3.47. The molecule has 0 aliphatic rings. The summed E-state index contributed by atoms with van der Waals surface area (Å²) in [5.74, 6) is -1.02. The molecule has 0 saturated heterocycles. The molecule has 0 aromatic heterocycles. The van der Waals surface area contributed by atoms with Crippen molar-refractivity contribution in [2.45, 2.75) is 6.92 Å². The smallest absolute Gasteiger partial charge is 0.270 e. The molecular formula is C17H18N4O4. The van der Waals surface area contributed by atoms with Gasteiger partial charge >= 0.3 is 0 Å². The second-order valence-electron chi connectivity index (χ2n) is 5.16. The lowest BCUT2D eigenvalue weighted by atomic mass is 10.2. The number of non-ortho nitro benzene ring substituents is 1. The average Bonchev–Trinajstić information content (AvgIpc) is 2.64. The van der Waals surface area contributed by atoms with E-state index >= 15 is 0 Å². The van der Waals surface area contributed by atoms with Crippen LogP contribution in [0.25, 0.3) is 0 Å². The van der Waals surface area contributed by atoms with Gasteiger partial charge in [-0.25, -0.2) is 0 Å². The van der Waals surface area contributed by atoms with E-state index in [0.717, 1.165) is 11.8 Å². The molecular weight excluding hydrogens is 324 g/mol. The summed E-state index contributed by atoms with van der Waals surface area (Å²) in [5, 5.41) is 10.7. The number of nitro groups is 1. The maximum atomic E-state index is 12.0. The number of benzene rings is 2. The summed E-state index contributed by atoms with van der Waals surface area (Å²) in [5.41, 5.74) is 5.36. The number of para-hydroxylation sites is 1. The van der Waals surface area contributed by atoms with Gasteiger partial charge in [-0.1, -0.05) is 24.3 Å². The summed E-state index contributed by atoms with van der Waals surface area (Å²) < 4.78 is 0. The largest absolute Gasteiger partial charge is 0.362 e. The van der Waals surface area contributed by atoms with Crippen LogP contribution in [0.4, 0.5) is 11.4 Å². The first kappa shape index (κ1) is 17.9. The van der Waals surface area contributed by atoms with Crippen molar-refractivity contribution in [1.29, 1.82) is 0 Å². The van der Waals surface area contributed by atoms with Crippen LogP contribution in [0, 0.1) is 10.1 Å². The molecule has 2 amide bonds. The Morgan fingerprint density at radius 2 is 1.80 bits per heavy atom. The van der Waals surface area contributed by atoms with Gasteiger partial charge in [0.2, 0.25) is 0 Å². The van der Waals surface area contributed by atoms with E-state index in [4.69, 9.17) is 0 Å². The van der Waals surface area contributed by atoms with Gasteiger partial charge in [-0.3, -0.25) is 30.6 Å². The highest BCUT2D eigenvalue weighted by atomic mass is 16.6. The number of nitrogens with one attached hydrogen (secondary N) is 2. The number of hydrazine groups is 1. The lowest BCUT2D eigenvalue weighted by Crippen LogP contribution is -2.46. The molecule has 2 aromatic rings. The van der Waals surface area contributed by atoms with E-state index in [1.807, 2.05) is 42.2 Å². The zero-order valence-electron chi connectivity index (χ0n) is 13.6. The van der Waals surface area contributed by atoms with E-state index in [-0.39, 0.29) is 17.8 Å². The van der Waals surface area contributed by atoms with E-state index in [2.05, 4.69) is 10.9 Å². The maximum absolute atomic E-state index is 12.0. The first-order valence-electron chi connectivity index (χ1n) is 7.65. The molecule has 0 spiro atoms. The molecule has 2 aromatic carbocycles. The number of carbonyl (C=O) groups excluding carboxylic acids is 2. The van der Waals surface area contributed by atoms with Crippen molar-refractivity contribution in [3.63, 3.8) is 0 Å². The Hall–Kier alpha value is -3.42. The molecule has 0 heterocycles. The van der Waals surface area contributed by atoms with Gasteiger partial charge < -0.3 is 4.90 Å². The summed E-state index contributed by atoms with van der Waals surface area (Å²) >= 11 is 0. The lowest BCUT2D eigenvalue weighted by molar-refractivity contribution is -0.384. The number of hydrogen-bond donors (Lipinski definition) is 2. The van der Waals surface area contributed by atoms with E-state index in [1.165, 1.54) is 18.2 Å². The minimum Gasteiger partial charge on any atom is -0.362 e. The number of hydrogen-bond acceptors (Lipinski definition) is 5. The standard InChI is InChI=1S/C17H18N4O4/c1-2-20(14-8-4-3-5-9-14)12-16(22)18-19-17(23)13-7-6-10-15(11-13)21(24)25/h3-11H,2,12H2,1H3,(H,18,22)(H,19,23). The number of nitrogens with zero attached hydrogens (tertiary/aromatic N) is 2. The Bertz CT molecular complexity index is 764. The Morgan fingerprint density at radius 3 is 2.44 bits per heavy atom. The van der Waals surface area contributed by atoms with Crippen molar-refractivity contribution in [3.05, 3.63) is 70.3 Å². The molecule has 0 saturated carbocycles. The van der Waals surface area contributed by atoms with Gasteiger partial charge in [-0.2, -0.15) is 0 Å². The SMILES string of the molecule is CCN(CC(=O)NNC(=O)c1cccc([N+](=O)[O-])c1)c1ccccc1. The minimum absolute atomic E-state index is 0.0652. The van der Waals surface area contributed by atoms with Crippen LogP contribution < -0.4 is 15.8 Å². The van der Waals surface area contributed by atoms with Gasteiger partial charge in [0, 0.05) is 29.9 Å². The van der Waals surface area contributed by atoms with Crippen molar-refractivity contribution in [1.82, 2.24) is 10.9 Å². The van der Waals surface area contributed by atoms with Crippen LogP contribution in [0.2, 0.25) is 0 Å². The van der Waals surface area contributed by atoms with E-state index in [1.54, 1.807) is 0 Å². The number of amides is 2. The fourth-order valence-electron chi connectivity index (χ4n) is 2.20. The number of carbonyl (C=O) groups is 2. The molecule has 8 heteroatoms. The zero-order valence-corrected chi connectivity index (χ0v) is 13.6. The molecule has 2 N–H and O–H groups in total. The van der Waals surface area contributed by atoms with Crippen LogP contribution in [0.5, 0.6) is 0 Å². The van der Waals surface area contributed by atoms with Crippen LogP contribution in [0.15, 0.2) is 54.6 Å². The molecule has 25 heavy (non-hydrogen) atoms. The predicted octanol–water partition coefficient (Wildman–Crippen LogP) is 1.88. The quantitative estimate of drug-likeness (QED) is 0.616. The third kappa shape index (κ3) is 5.03. The molecule has 0 aliphatic heterocycles. The third-order valence-corrected chi connectivity index (χ3v) is 3.47. The molecule has 0 atom stereocenters. The number of rotatable bonds is 6. The van der Waals surface area contributed by atoms with Crippen LogP contribution in [0.1, 0.15) is 17.3 Å². The lowest BCUT2D eigenvalue weighted by Gasteiger charge is -2.22. The van der Waals surface area contributed by atoms with Crippen LogP contribution >= 0.6 is 0 Å². The number of nitro benzene ring substituents is 1. The highest BCUT2D eigenvalue weighted by molar-refractivity contribution is 5.96. The zero-order chi connectivity index (χ0) is 18.2. The van der Waals surface area contributed by atoms with E-state index < -0.39 is 16.7 Å². The summed E-state index contributed by atoms with van der Waals surface area (Å²) in [7, 11) is 0. The summed E-state index contributed by atoms with van der Waals surface area (Å²) in [4.78, 5) is 36.0. The summed E-state index contributed by atoms with van der Waals surface area (Å²) in [6.45, 7) is 2.61. The topological polar surface area (TPSA) is 105 Å². The van der Waals surface area contributed by atoms with Gasteiger partial charge in [0.15, 0.2) is 0 Å². The Balaban J connectivity index is 1.92. The van der Waals surface area contributed by atoms with Gasteiger partial charge in [0.05, 0.1) is 11.5 Å². The molecule has 0 bridgehead atoms. The number of likely N-dealkylation sites (N-methyl/N-ethyl adjacent to an activating group) is 1. The molecule has 0 fully saturated rings. The molecule has 130 valence electrons. The molecule has 0 unspecified atom stereocenters. The normalized spacial score (nSPS) is 9.96.